The van der Waals surface area contributed by atoms with Gasteiger partial charge in [0.05, 0.1) is 6.10 Å². The van der Waals surface area contributed by atoms with Crippen LogP contribution in [0.25, 0.3) is 0 Å². The average molecular weight is 232 g/mol. The minimum Gasteiger partial charge on any atom is -0.392 e. The summed E-state index contributed by atoms with van der Waals surface area (Å²) in [5.41, 5.74) is 3.07. The van der Waals surface area contributed by atoms with Crippen LogP contribution in [-0.4, -0.2) is 11.2 Å². The molecule has 0 aliphatic heterocycles. The summed E-state index contributed by atoms with van der Waals surface area (Å²) < 4.78 is 0. The first kappa shape index (κ1) is 11.5. The number of rotatable bonds is 0. The van der Waals surface area contributed by atoms with E-state index >= 15 is 0 Å². The molecular formula is C16H24O. The third kappa shape index (κ3) is 1.35. The Morgan fingerprint density at radius 3 is 2.65 bits per heavy atom. The molecular weight excluding hydrogens is 208 g/mol. The summed E-state index contributed by atoms with van der Waals surface area (Å²) in [4.78, 5) is 0. The van der Waals surface area contributed by atoms with Gasteiger partial charge in [0.1, 0.15) is 0 Å². The number of allylic oxidation sites excluding steroid dienone is 1. The first-order valence-electron chi connectivity index (χ1n) is 7.14. The van der Waals surface area contributed by atoms with Crippen molar-refractivity contribution in [2.75, 3.05) is 0 Å². The standard InChI is InChI=1S/C16H24O/c1-12-6-9-15-7-4-3-5-8-16(15,11-12)13(2)10-14(15)17/h14,17H,1-11H2/t14?,15-,16+/m1/s1. The molecule has 0 bridgehead atoms. The van der Waals surface area contributed by atoms with Crippen molar-refractivity contribution in [3.8, 4) is 0 Å². The molecule has 3 rings (SSSR count). The van der Waals surface area contributed by atoms with Crippen molar-refractivity contribution in [2.24, 2.45) is 10.8 Å². The molecule has 3 aliphatic carbocycles. The van der Waals surface area contributed by atoms with Crippen molar-refractivity contribution < 1.29 is 5.11 Å². The Balaban J connectivity index is 2.10. The van der Waals surface area contributed by atoms with Gasteiger partial charge < -0.3 is 5.11 Å². The Kier molecular flexibility index (Phi) is 2.52. The minimum atomic E-state index is -0.138. The zero-order chi connectivity index (χ0) is 12.1. The molecule has 1 nitrogen and oxygen atoms in total. The summed E-state index contributed by atoms with van der Waals surface area (Å²) in [5.74, 6) is 0. The fourth-order valence-corrected chi connectivity index (χ4v) is 5.01. The van der Waals surface area contributed by atoms with Gasteiger partial charge in [0.15, 0.2) is 0 Å². The summed E-state index contributed by atoms with van der Waals surface area (Å²) in [5, 5.41) is 10.6. The molecule has 3 fully saturated rings. The van der Waals surface area contributed by atoms with E-state index in [-0.39, 0.29) is 16.9 Å². The zero-order valence-electron chi connectivity index (χ0n) is 10.8. The van der Waals surface area contributed by atoms with E-state index in [0.717, 1.165) is 25.7 Å². The van der Waals surface area contributed by atoms with Gasteiger partial charge in [0.25, 0.3) is 0 Å². The van der Waals surface area contributed by atoms with Gasteiger partial charge in [0.2, 0.25) is 0 Å². The molecule has 1 N–H and O–H groups in total. The molecule has 0 heterocycles. The second-order valence-electron chi connectivity index (χ2n) is 6.55. The molecule has 3 saturated carbocycles. The Hall–Kier alpha value is -0.560. The maximum atomic E-state index is 10.6. The van der Waals surface area contributed by atoms with E-state index in [1.807, 2.05) is 0 Å². The normalized spacial score (nSPS) is 46.3. The predicted molar refractivity (Wildman–Crippen MR) is 70.7 cm³/mol. The fourth-order valence-electron chi connectivity index (χ4n) is 5.01. The molecule has 0 amide bonds. The van der Waals surface area contributed by atoms with Gasteiger partial charge in [-0.05, 0) is 38.5 Å². The molecule has 0 spiro atoms. The lowest BCUT2D eigenvalue weighted by atomic mass is 9.53. The van der Waals surface area contributed by atoms with Crippen LogP contribution in [-0.2, 0) is 0 Å². The molecule has 0 aromatic rings. The number of hydrogen-bond acceptors (Lipinski definition) is 1. The lowest BCUT2D eigenvalue weighted by molar-refractivity contribution is -0.0445. The number of aliphatic hydroxyl groups is 1. The lowest BCUT2D eigenvalue weighted by Crippen LogP contribution is -2.46. The van der Waals surface area contributed by atoms with Gasteiger partial charge in [-0.15, -0.1) is 0 Å². The van der Waals surface area contributed by atoms with Gasteiger partial charge in [-0.25, -0.2) is 0 Å². The monoisotopic (exact) mass is 232 g/mol. The van der Waals surface area contributed by atoms with Gasteiger partial charge >= 0.3 is 0 Å². The van der Waals surface area contributed by atoms with Crippen LogP contribution >= 0.6 is 0 Å². The molecule has 94 valence electrons. The first-order chi connectivity index (χ1) is 8.11. The summed E-state index contributed by atoms with van der Waals surface area (Å²) in [6.07, 6.45) is 10.4. The molecule has 3 atom stereocenters. The highest BCUT2D eigenvalue weighted by Gasteiger charge is 2.62. The van der Waals surface area contributed by atoms with Crippen molar-refractivity contribution in [3.63, 3.8) is 0 Å². The summed E-state index contributed by atoms with van der Waals surface area (Å²) >= 11 is 0. The molecule has 1 heteroatoms. The molecule has 0 saturated heterocycles. The van der Waals surface area contributed by atoms with Crippen LogP contribution < -0.4 is 0 Å². The van der Waals surface area contributed by atoms with Gasteiger partial charge in [0, 0.05) is 10.8 Å². The topological polar surface area (TPSA) is 20.2 Å². The summed E-state index contributed by atoms with van der Waals surface area (Å²) in [7, 11) is 0. The highest BCUT2D eigenvalue weighted by Crippen LogP contribution is 2.68. The summed E-state index contributed by atoms with van der Waals surface area (Å²) in [6, 6.07) is 0. The Morgan fingerprint density at radius 2 is 1.82 bits per heavy atom. The van der Waals surface area contributed by atoms with Gasteiger partial charge in [-0.2, -0.15) is 0 Å². The van der Waals surface area contributed by atoms with Crippen molar-refractivity contribution in [2.45, 2.75) is 63.9 Å². The van der Waals surface area contributed by atoms with Crippen LogP contribution in [0.15, 0.2) is 24.3 Å². The second kappa shape index (κ2) is 3.71. The molecule has 17 heavy (non-hydrogen) atoms. The highest BCUT2D eigenvalue weighted by molar-refractivity contribution is 5.32. The van der Waals surface area contributed by atoms with Crippen LogP contribution in [0.5, 0.6) is 0 Å². The van der Waals surface area contributed by atoms with Crippen LogP contribution in [0, 0.1) is 10.8 Å². The fraction of sp³-hybridized carbons (Fsp3) is 0.750. The van der Waals surface area contributed by atoms with E-state index < -0.39 is 0 Å². The first-order valence-corrected chi connectivity index (χ1v) is 7.14. The summed E-state index contributed by atoms with van der Waals surface area (Å²) in [6.45, 7) is 8.56. The molecule has 3 aliphatic rings. The van der Waals surface area contributed by atoms with Crippen LogP contribution in [0.4, 0.5) is 0 Å². The maximum absolute atomic E-state index is 10.6. The quantitative estimate of drug-likeness (QED) is 0.626. The zero-order valence-corrected chi connectivity index (χ0v) is 10.8. The average Bonchev–Trinajstić information content (AvgIpc) is 2.45. The van der Waals surface area contributed by atoms with E-state index in [1.165, 1.54) is 43.3 Å². The SMILES string of the molecule is C=C1CC[C@@]23CCCCC[C@]2(C1)C(=C)CC3O. The largest absolute Gasteiger partial charge is 0.392 e. The van der Waals surface area contributed by atoms with Gasteiger partial charge in [-0.3, -0.25) is 0 Å². The number of aliphatic hydroxyl groups excluding tert-OH is 1. The predicted octanol–water partition coefficient (Wildman–Crippen LogP) is 3.98. The Bertz CT molecular complexity index is 370. The third-order valence-electron chi connectivity index (χ3n) is 5.91. The lowest BCUT2D eigenvalue weighted by Gasteiger charge is -2.51. The third-order valence-corrected chi connectivity index (χ3v) is 5.91. The Labute approximate surface area is 105 Å². The van der Waals surface area contributed by atoms with Crippen LogP contribution in [0.3, 0.4) is 0 Å². The molecule has 0 aromatic carbocycles. The smallest absolute Gasteiger partial charge is 0.0642 e. The molecule has 1 unspecified atom stereocenters. The van der Waals surface area contributed by atoms with E-state index in [0.29, 0.717) is 0 Å². The van der Waals surface area contributed by atoms with Crippen molar-refractivity contribution in [1.82, 2.24) is 0 Å². The highest BCUT2D eigenvalue weighted by atomic mass is 16.3. The van der Waals surface area contributed by atoms with Crippen molar-refractivity contribution >= 4 is 0 Å². The van der Waals surface area contributed by atoms with Crippen molar-refractivity contribution in [1.29, 1.82) is 0 Å². The second-order valence-corrected chi connectivity index (χ2v) is 6.55. The maximum Gasteiger partial charge on any atom is 0.0642 e. The van der Waals surface area contributed by atoms with E-state index in [4.69, 9.17) is 0 Å². The van der Waals surface area contributed by atoms with Crippen LogP contribution in [0.1, 0.15) is 57.8 Å². The Morgan fingerprint density at radius 1 is 1.06 bits per heavy atom. The van der Waals surface area contributed by atoms with Gasteiger partial charge in [-0.1, -0.05) is 43.6 Å². The minimum absolute atomic E-state index is 0.138. The van der Waals surface area contributed by atoms with E-state index in [2.05, 4.69) is 13.2 Å². The molecule has 0 aromatic heterocycles. The number of hydrogen-bond donors (Lipinski definition) is 1. The van der Waals surface area contributed by atoms with Crippen molar-refractivity contribution in [3.05, 3.63) is 24.3 Å². The van der Waals surface area contributed by atoms with Crippen LogP contribution in [0.2, 0.25) is 0 Å². The van der Waals surface area contributed by atoms with E-state index in [1.54, 1.807) is 0 Å². The van der Waals surface area contributed by atoms with E-state index in [9.17, 15) is 5.11 Å². The molecule has 0 radical (unpaired) electrons.